The second-order valence-electron chi connectivity index (χ2n) is 4.37. The minimum absolute atomic E-state index is 0.0425. The second-order valence-corrected chi connectivity index (χ2v) is 5.66. The van der Waals surface area contributed by atoms with Crippen molar-refractivity contribution in [3.63, 3.8) is 0 Å². The highest BCUT2D eigenvalue weighted by atomic mass is 79.9. The van der Waals surface area contributed by atoms with Crippen LogP contribution in [-0.2, 0) is 6.61 Å². The van der Waals surface area contributed by atoms with Crippen LogP contribution in [0.5, 0.6) is 5.75 Å². The molecule has 2 aromatic carbocycles. The molecule has 5 heteroatoms. The van der Waals surface area contributed by atoms with E-state index in [1.807, 2.05) is 25.1 Å². The van der Waals surface area contributed by atoms with E-state index in [-0.39, 0.29) is 17.2 Å². The highest BCUT2D eigenvalue weighted by Gasteiger charge is 2.11. The first kappa shape index (κ1) is 14.9. The summed E-state index contributed by atoms with van der Waals surface area (Å²) in [5.74, 6) is 0.235. The van der Waals surface area contributed by atoms with E-state index >= 15 is 0 Å². The Bertz CT molecular complexity index is 660. The van der Waals surface area contributed by atoms with Gasteiger partial charge in [-0.25, -0.2) is 4.39 Å². The number of hydrogen-bond acceptors (Lipinski definition) is 2. The molecule has 0 atom stereocenters. The topological polar surface area (TPSA) is 35.2 Å². The summed E-state index contributed by atoms with van der Waals surface area (Å²) in [4.78, 5) is 0.0425. The van der Waals surface area contributed by atoms with E-state index in [4.69, 9.17) is 22.7 Å². The highest BCUT2D eigenvalue weighted by Crippen LogP contribution is 2.27. The molecule has 0 aliphatic carbocycles. The van der Waals surface area contributed by atoms with Gasteiger partial charge in [0.05, 0.1) is 4.47 Å². The van der Waals surface area contributed by atoms with E-state index in [0.717, 1.165) is 10.0 Å². The van der Waals surface area contributed by atoms with E-state index in [1.54, 1.807) is 18.2 Å². The lowest BCUT2D eigenvalue weighted by molar-refractivity contribution is 0.298. The Hall–Kier alpha value is -1.46. The van der Waals surface area contributed by atoms with Gasteiger partial charge in [0.15, 0.2) is 0 Å². The molecule has 0 aromatic heterocycles. The molecule has 2 N–H and O–H groups in total. The average molecular weight is 354 g/mol. The van der Waals surface area contributed by atoms with Crippen molar-refractivity contribution in [1.82, 2.24) is 0 Å². The Balaban J connectivity index is 2.19. The van der Waals surface area contributed by atoms with E-state index in [2.05, 4.69) is 15.9 Å². The first-order valence-electron chi connectivity index (χ1n) is 5.95. The quantitative estimate of drug-likeness (QED) is 0.840. The number of hydrogen-bond donors (Lipinski definition) is 1. The lowest BCUT2D eigenvalue weighted by Crippen LogP contribution is -2.13. The van der Waals surface area contributed by atoms with Gasteiger partial charge in [0.1, 0.15) is 23.2 Å². The van der Waals surface area contributed by atoms with Gasteiger partial charge in [0, 0.05) is 11.1 Å². The van der Waals surface area contributed by atoms with Crippen molar-refractivity contribution in [3.8, 4) is 5.75 Å². The molecule has 0 spiro atoms. The van der Waals surface area contributed by atoms with E-state index < -0.39 is 5.82 Å². The van der Waals surface area contributed by atoms with Crippen molar-refractivity contribution < 1.29 is 9.13 Å². The largest absolute Gasteiger partial charge is 0.488 e. The zero-order chi connectivity index (χ0) is 14.7. The van der Waals surface area contributed by atoms with Crippen molar-refractivity contribution in [2.75, 3.05) is 0 Å². The minimum atomic E-state index is -0.428. The van der Waals surface area contributed by atoms with Crippen molar-refractivity contribution in [2.45, 2.75) is 13.5 Å². The summed E-state index contributed by atoms with van der Waals surface area (Å²) in [6.07, 6.45) is 0. The van der Waals surface area contributed by atoms with E-state index in [1.165, 1.54) is 0 Å². The summed E-state index contributed by atoms with van der Waals surface area (Å²) >= 11 is 8.23. The van der Waals surface area contributed by atoms with Crippen LogP contribution < -0.4 is 10.5 Å². The number of rotatable bonds is 4. The fraction of sp³-hybridized carbons (Fsp3) is 0.133. The molecule has 20 heavy (non-hydrogen) atoms. The third-order valence-corrected chi connectivity index (χ3v) is 3.65. The summed E-state index contributed by atoms with van der Waals surface area (Å²) in [7, 11) is 0. The molecular weight excluding hydrogens is 341 g/mol. The molecule has 0 radical (unpaired) electrons. The molecule has 0 amide bonds. The Morgan fingerprint density at radius 2 is 2.10 bits per heavy atom. The molecule has 0 saturated carbocycles. The fourth-order valence-corrected chi connectivity index (χ4v) is 2.53. The molecule has 104 valence electrons. The standard InChI is InChI=1S/C15H13BrFNOS/c1-9-5-6-13(12(16)7-9)19-8-10-3-2-4-11(14(10)17)15(18)20/h2-7H,8H2,1H3,(H2,18,20). The van der Waals surface area contributed by atoms with Gasteiger partial charge in [-0.3, -0.25) is 0 Å². The van der Waals surface area contributed by atoms with Crippen LogP contribution in [0.15, 0.2) is 40.9 Å². The monoisotopic (exact) mass is 353 g/mol. The van der Waals surface area contributed by atoms with Crippen molar-refractivity contribution in [1.29, 1.82) is 0 Å². The van der Waals surface area contributed by atoms with Gasteiger partial charge in [-0.05, 0) is 46.6 Å². The molecule has 2 nitrogen and oxygen atoms in total. The summed E-state index contributed by atoms with van der Waals surface area (Å²) in [5, 5.41) is 0. The average Bonchev–Trinajstić information content (AvgIpc) is 2.39. The first-order chi connectivity index (χ1) is 9.49. The molecular formula is C15H13BrFNOS. The molecule has 2 rings (SSSR count). The third-order valence-electron chi connectivity index (χ3n) is 2.81. The summed E-state index contributed by atoms with van der Waals surface area (Å²) in [6.45, 7) is 2.10. The van der Waals surface area contributed by atoms with Crippen molar-refractivity contribution >= 4 is 33.1 Å². The van der Waals surface area contributed by atoms with Crippen LogP contribution in [0.4, 0.5) is 4.39 Å². The van der Waals surface area contributed by atoms with Gasteiger partial charge in [-0.15, -0.1) is 0 Å². The maximum Gasteiger partial charge on any atom is 0.139 e. The SMILES string of the molecule is Cc1ccc(OCc2cccc(C(N)=S)c2F)c(Br)c1. The van der Waals surface area contributed by atoms with Crippen LogP contribution in [0.1, 0.15) is 16.7 Å². The summed E-state index contributed by atoms with van der Waals surface area (Å²) in [5.41, 5.74) is 7.25. The van der Waals surface area contributed by atoms with Gasteiger partial charge in [0.2, 0.25) is 0 Å². The van der Waals surface area contributed by atoms with Crippen LogP contribution >= 0.6 is 28.1 Å². The maximum absolute atomic E-state index is 14.1. The minimum Gasteiger partial charge on any atom is -0.488 e. The molecule has 2 aromatic rings. The Morgan fingerprint density at radius 1 is 1.35 bits per heavy atom. The summed E-state index contributed by atoms with van der Waals surface area (Å²) in [6, 6.07) is 10.6. The van der Waals surface area contributed by atoms with Crippen LogP contribution in [-0.4, -0.2) is 4.99 Å². The summed E-state index contributed by atoms with van der Waals surface area (Å²) < 4.78 is 20.6. The predicted molar refractivity (Wildman–Crippen MR) is 85.5 cm³/mol. The molecule has 0 bridgehead atoms. The van der Waals surface area contributed by atoms with Crippen LogP contribution in [0.25, 0.3) is 0 Å². The van der Waals surface area contributed by atoms with Gasteiger partial charge >= 0.3 is 0 Å². The van der Waals surface area contributed by atoms with Crippen LogP contribution in [0.2, 0.25) is 0 Å². The van der Waals surface area contributed by atoms with Gasteiger partial charge < -0.3 is 10.5 Å². The number of thiocarbonyl (C=S) groups is 1. The number of ether oxygens (including phenoxy) is 1. The zero-order valence-electron chi connectivity index (χ0n) is 10.8. The molecule has 0 unspecified atom stereocenters. The van der Waals surface area contributed by atoms with Crippen LogP contribution in [0.3, 0.4) is 0 Å². The van der Waals surface area contributed by atoms with Gasteiger partial charge in [0.25, 0.3) is 0 Å². The molecule has 0 heterocycles. The Labute approximate surface area is 130 Å². The number of halogens is 2. The predicted octanol–water partition coefficient (Wildman–Crippen LogP) is 4.11. The molecule has 0 fully saturated rings. The molecule has 0 aliphatic heterocycles. The lowest BCUT2D eigenvalue weighted by atomic mass is 10.1. The fourth-order valence-electron chi connectivity index (χ4n) is 1.76. The molecule has 0 aliphatic rings. The molecule has 0 saturated heterocycles. The van der Waals surface area contributed by atoms with Crippen molar-refractivity contribution in [2.24, 2.45) is 5.73 Å². The first-order valence-corrected chi connectivity index (χ1v) is 7.15. The lowest BCUT2D eigenvalue weighted by Gasteiger charge is -2.11. The van der Waals surface area contributed by atoms with Crippen molar-refractivity contribution in [3.05, 3.63) is 63.4 Å². The normalized spacial score (nSPS) is 10.3. The number of aryl methyl sites for hydroxylation is 1. The smallest absolute Gasteiger partial charge is 0.139 e. The zero-order valence-corrected chi connectivity index (χ0v) is 13.2. The second kappa shape index (κ2) is 6.33. The number of nitrogens with two attached hydrogens (primary N) is 1. The van der Waals surface area contributed by atoms with Gasteiger partial charge in [-0.2, -0.15) is 0 Å². The van der Waals surface area contributed by atoms with Gasteiger partial charge in [-0.1, -0.05) is 30.4 Å². The highest BCUT2D eigenvalue weighted by molar-refractivity contribution is 9.10. The number of benzene rings is 2. The Kier molecular flexibility index (Phi) is 4.73. The Morgan fingerprint density at radius 3 is 2.75 bits per heavy atom. The third kappa shape index (κ3) is 3.35. The maximum atomic E-state index is 14.1. The van der Waals surface area contributed by atoms with E-state index in [9.17, 15) is 4.39 Å². The van der Waals surface area contributed by atoms with E-state index in [0.29, 0.717) is 11.3 Å². The van der Waals surface area contributed by atoms with Crippen LogP contribution in [0, 0.1) is 12.7 Å².